The fraction of sp³-hybridized carbons (Fsp3) is 0.250. The maximum absolute atomic E-state index is 10.5. The normalized spacial score (nSPS) is 10.8. The van der Waals surface area contributed by atoms with Crippen LogP contribution in [0.3, 0.4) is 0 Å². The van der Waals surface area contributed by atoms with Gasteiger partial charge in [0.15, 0.2) is 5.76 Å². The Kier molecular flexibility index (Phi) is 3.69. The van der Waals surface area contributed by atoms with E-state index in [2.05, 4.69) is 10.1 Å². The van der Waals surface area contributed by atoms with Crippen LogP contribution in [0.5, 0.6) is 0 Å². The fourth-order valence-corrected chi connectivity index (χ4v) is 1.60. The molecule has 0 saturated heterocycles. The third-order valence-electron chi connectivity index (χ3n) is 2.37. The first kappa shape index (κ1) is 12.3. The number of likely N-dealkylation sites (N-methyl/N-ethyl adjacent to an activating group) is 1. The largest absolute Gasteiger partial charge is 0.480 e. The van der Waals surface area contributed by atoms with E-state index in [0.717, 1.165) is 11.3 Å². The molecular formula is C12H13N3O3. The van der Waals surface area contributed by atoms with Gasteiger partial charge in [0.05, 0.1) is 13.1 Å². The van der Waals surface area contributed by atoms with Crippen molar-refractivity contribution in [2.75, 3.05) is 13.6 Å². The van der Waals surface area contributed by atoms with Gasteiger partial charge in [0.25, 0.3) is 0 Å². The molecule has 2 heterocycles. The van der Waals surface area contributed by atoms with Gasteiger partial charge in [-0.05, 0) is 19.2 Å². The lowest BCUT2D eigenvalue weighted by atomic mass is 10.2. The molecule has 0 aliphatic heterocycles. The first-order chi connectivity index (χ1) is 8.65. The molecule has 0 unspecified atom stereocenters. The van der Waals surface area contributed by atoms with Crippen LogP contribution < -0.4 is 0 Å². The van der Waals surface area contributed by atoms with Crippen LogP contribution in [0.25, 0.3) is 11.3 Å². The van der Waals surface area contributed by atoms with Crippen molar-refractivity contribution in [2.45, 2.75) is 6.54 Å². The van der Waals surface area contributed by atoms with Crippen molar-refractivity contribution in [1.29, 1.82) is 0 Å². The molecule has 0 bridgehead atoms. The highest BCUT2D eigenvalue weighted by molar-refractivity contribution is 5.69. The van der Waals surface area contributed by atoms with E-state index in [1.807, 2.05) is 12.1 Å². The number of carboxylic acids is 1. The van der Waals surface area contributed by atoms with Gasteiger partial charge in [-0.2, -0.15) is 0 Å². The van der Waals surface area contributed by atoms with Gasteiger partial charge in [0.2, 0.25) is 0 Å². The van der Waals surface area contributed by atoms with Crippen molar-refractivity contribution in [3.63, 3.8) is 0 Å². The average molecular weight is 247 g/mol. The maximum Gasteiger partial charge on any atom is 0.317 e. The zero-order valence-corrected chi connectivity index (χ0v) is 9.91. The highest BCUT2D eigenvalue weighted by Crippen LogP contribution is 2.18. The second-order valence-electron chi connectivity index (χ2n) is 3.98. The van der Waals surface area contributed by atoms with E-state index >= 15 is 0 Å². The second-order valence-corrected chi connectivity index (χ2v) is 3.98. The quantitative estimate of drug-likeness (QED) is 0.856. The van der Waals surface area contributed by atoms with E-state index in [4.69, 9.17) is 9.63 Å². The van der Waals surface area contributed by atoms with Gasteiger partial charge in [-0.15, -0.1) is 0 Å². The lowest BCUT2D eigenvalue weighted by molar-refractivity contribution is -0.138. The zero-order valence-electron chi connectivity index (χ0n) is 9.91. The summed E-state index contributed by atoms with van der Waals surface area (Å²) in [4.78, 5) is 16.1. The number of rotatable bonds is 5. The van der Waals surface area contributed by atoms with E-state index in [9.17, 15) is 4.79 Å². The molecule has 6 nitrogen and oxygen atoms in total. The van der Waals surface area contributed by atoms with Crippen molar-refractivity contribution in [2.24, 2.45) is 0 Å². The van der Waals surface area contributed by atoms with Gasteiger partial charge in [-0.1, -0.05) is 5.16 Å². The molecule has 0 saturated carbocycles. The summed E-state index contributed by atoms with van der Waals surface area (Å²) in [5.74, 6) is -0.239. The zero-order chi connectivity index (χ0) is 13.0. The van der Waals surface area contributed by atoms with Crippen molar-refractivity contribution >= 4 is 5.97 Å². The lowest BCUT2D eigenvalue weighted by Gasteiger charge is -2.10. The van der Waals surface area contributed by atoms with Crippen LogP contribution in [0.1, 0.15) is 5.76 Å². The molecule has 0 aliphatic carbocycles. The van der Waals surface area contributed by atoms with Crippen LogP contribution >= 0.6 is 0 Å². The monoisotopic (exact) mass is 247 g/mol. The van der Waals surface area contributed by atoms with Gasteiger partial charge in [0, 0.05) is 24.0 Å². The standard InChI is InChI=1S/C12H13N3O3/c1-15(8-12(16)17)7-10-6-11(14-18-10)9-2-4-13-5-3-9/h2-6H,7-8H2,1H3,(H,16,17). The first-order valence-corrected chi connectivity index (χ1v) is 5.41. The molecule has 0 aromatic carbocycles. The molecule has 6 heteroatoms. The van der Waals surface area contributed by atoms with E-state index in [1.54, 1.807) is 30.4 Å². The summed E-state index contributed by atoms with van der Waals surface area (Å²) in [7, 11) is 1.71. The molecule has 2 aromatic rings. The molecule has 1 N–H and O–H groups in total. The van der Waals surface area contributed by atoms with Gasteiger partial charge in [-0.25, -0.2) is 0 Å². The lowest BCUT2D eigenvalue weighted by Crippen LogP contribution is -2.24. The molecule has 0 atom stereocenters. The Labute approximate surface area is 104 Å². The van der Waals surface area contributed by atoms with Gasteiger partial charge < -0.3 is 9.63 Å². The van der Waals surface area contributed by atoms with Crippen molar-refractivity contribution < 1.29 is 14.4 Å². The molecule has 0 spiro atoms. The summed E-state index contributed by atoms with van der Waals surface area (Å²) in [6.45, 7) is 0.371. The third kappa shape index (κ3) is 3.14. The number of nitrogens with zero attached hydrogens (tertiary/aromatic N) is 3. The molecule has 0 radical (unpaired) electrons. The molecule has 0 aliphatic rings. The van der Waals surface area contributed by atoms with Crippen LogP contribution in [0.2, 0.25) is 0 Å². The minimum absolute atomic E-state index is 0.0364. The number of carbonyl (C=O) groups is 1. The predicted molar refractivity (Wildman–Crippen MR) is 63.7 cm³/mol. The number of hydrogen-bond acceptors (Lipinski definition) is 5. The van der Waals surface area contributed by atoms with Crippen LogP contribution in [-0.2, 0) is 11.3 Å². The average Bonchev–Trinajstić information content (AvgIpc) is 2.77. The van der Waals surface area contributed by atoms with Crippen LogP contribution in [-0.4, -0.2) is 39.7 Å². The van der Waals surface area contributed by atoms with E-state index in [0.29, 0.717) is 12.3 Å². The second kappa shape index (κ2) is 5.42. The topological polar surface area (TPSA) is 79.5 Å². The van der Waals surface area contributed by atoms with Gasteiger partial charge in [-0.3, -0.25) is 14.7 Å². The third-order valence-corrected chi connectivity index (χ3v) is 2.37. The number of hydrogen-bond donors (Lipinski definition) is 1. The fourth-order valence-electron chi connectivity index (χ4n) is 1.60. The van der Waals surface area contributed by atoms with Crippen molar-refractivity contribution in [3.8, 4) is 11.3 Å². The van der Waals surface area contributed by atoms with Crippen LogP contribution in [0, 0.1) is 0 Å². The Morgan fingerprint density at radius 2 is 2.17 bits per heavy atom. The Hall–Kier alpha value is -2.21. The SMILES string of the molecule is CN(CC(=O)O)Cc1cc(-c2ccncc2)no1. The highest BCUT2D eigenvalue weighted by atomic mass is 16.5. The van der Waals surface area contributed by atoms with Gasteiger partial charge in [0.1, 0.15) is 5.69 Å². The summed E-state index contributed by atoms with van der Waals surface area (Å²) in [5.41, 5.74) is 1.64. The van der Waals surface area contributed by atoms with E-state index < -0.39 is 5.97 Å². The number of carboxylic acid groups (broad SMARTS) is 1. The summed E-state index contributed by atoms with van der Waals surface area (Å²) in [5, 5.41) is 12.6. The minimum atomic E-state index is -0.869. The minimum Gasteiger partial charge on any atom is -0.480 e. The highest BCUT2D eigenvalue weighted by Gasteiger charge is 2.10. The van der Waals surface area contributed by atoms with E-state index in [-0.39, 0.29) is 6.54 Å². The maximum atomic E-state index is 10.5. The van der Waals surface area contributed by atoms with Crippen LogP contribution in [0.4, 0.5) is 0 Å². The Balaban J connectivity index is 2.05. The Bertz CT molecular complexity index is 524. The Morgan fingerprint density at radius 3 is 2.83 bits per heavy atom. The van der Waals surface area contributed by atoms with Crippen LogP contribution in [0.15, 0.2) is 35.1 Å². The predicted octanol–water partition coefficient (Wildman–Crippen LogP) is 1.25. The Morgan fingerprint density at radius 1 is 1.44 bits per heavy atom. The first-order valence-electron chi connectivity index (χ1n) is 5.41. The number of aromatic nitrogens is 2. The molecule has 0 amide bonds. The smallest absolute Gasteiger partial charge is 0.317 e. The molecular weight excluding hydrogens is 234 g/mol. The summed E-state index contributed by atoms with van der Waals surface area (Å²) < 4.78 is 5.17. The molecule has 0 fully saturated rings. The van der Waals surface area contributed by atoms with Crippen molar-refractivity contribution in [1.82, 2.24) is 15.0 Å². The molecule has 18 heavy (non-hydrogen) atoms. The number of aliphatic carboxylic acids is 1. The summed E-state index contributed by atoms with van der Waals surface area (Å²) in [6, 6.07) is 5.47. The van der Waals surface area contributed by atoms with Crippen molar-refractivity contribution in [3.05, 3.63) is 36.4 Å². The van der Waals surface area contributed by atoms with E-state index in [1.165, 1.54) is 0 Å². The summed E-state index contributed by atoms with van der Waals surface area (Å²) in [6.07, 6.45) is 3.36. The van der Waals surface area contributed by atoms with Gasteiger partial charge >= 0.3 is 5.97 Å². The molecule has 2 aromatic heterocycles. The molecule has 2 rings (SSSR count). The number of pyridine rings is 1. The summed E-state index contributed by atoms with van der Waals surface area (Å²) >= 11 is 0. The molecule has 94 valence electrons.